The molecule has 0 bridgehead atoms. The Balaban J connectivity index is 1.70. The maximum Gasteiger partial charge on any atom is 0.253 e. The minimum absolute atomic E-state index is 0.00879. The first kappa shape index (κ1) is 17.7. The molecule has 0 spiro atoms. The highest BCUT2D eigenvalue weighted by molar-refractivity contribution is 7.91. The molecular formula is C20H23NO3S. The van der Waals surface area contributed by atoms with Crippen LogP contribution >= 0.6 is 0 Å². The van der Waals surface area contributed by atoms with Crippen LogP contribution in [-0.2, 0) is 9.84 Å². The van der Waals surface area contributed by atoms with Crippen LogP contribution in [0.4, 0.5) is 0 Å². The van der Waals surface area contributed by atoms with Crippen LogP contribution < -0.4 is 0 Å². The van der Waals surface area contributed by atoms with E-state index in [9.17, 15) is 13.2 Å². The summed E-state index contributed by atoms with van der Waals surface area (Å²) in [5.41, 5.74) is 1.72. The summed E-state index contributed by atoms with van der Waals surface area (Å²) in [5.74, 6) is 0.0625. The van der Waals surface area contributed by atoms with Crippen LogP contribution in [0, 0.1) is 12.8 Å². The van der Waals surface area contributed by atoms with Crippen molar-refractivity contribution in [3.63, 3.8) is 0 Å². The smallest absolute Gasteiger partial charge is 0.253 e. The fourth-order valence-electron chi connectivity index (χ4n) is 3.38. The molecule has 0 aromatic heterocycles. The lowest BCUT2D eigenvalue weighted by Crippen LogP contribution is -2.41. The lowest BCUT2D eigenvalue weighted by molar-refractivity contribution is 0.0684. The number of likely N-dealkylation sites (tertiary alicyclic amines) is 1. The first-order valence-corrected chi connectivity index (χ1v) is 10.2. The summed E-state index contributed by atoms with van der Waals surface area (Å²) in [5, 5.41) is 0. The van der Waals surface area contributed by atoms with E-state index in [1.54, 1.807) is 29.2 Å². The van der Waals surface area contributed by atoms with Crippen LogP contribution in [0.15, 0.2) is 59.5 Å². The molecule has 1 amide bonds. The second kappa shape index (κ2) is 7.40. The summed E-state index contributed by atoms with van der Waals surface area (Å²) < 4.78 is 25.2. The van der Waals surface area contributed by atoms with Crippen molar-refractivity contribution in [3.8, 4) is 0 Å². The molecule has 25 heavy (non-hydrogen) atoms. The van der Waals surface area contributed by atoms with E-state index in [-0.39, 0.29) is 17.6 Å². The van der Waals surface area contributed by atoms with Gasteiger partial charge in [-0.3, -0.25) is 4.79 Å². The molecule has 4 nitrogen and oxygen atoms in total. The van der Waals surface area contributed by atoms with Gasteiger partial charge in [-0.15, -0.1) is 0 Å². The minimum atomic E-state index is -3.32. The second-order valence-electron chi connectivity index (χ2n) is 6.72. The third kappa shape index (κ3) is 4.28. The summed E-state index contributed by atoms with van der Waals surface area (Å²) in [6, 6.07) is 16.1. The molecule has 1 fully saturated rings. The largest absolute Gasteiger partial charge is 0.338 e. The summed E-state index contributed by atoms with van der Waals surface area (Å²) in [7, 11) is -3.32. The van der Waals surface area contributed by atoms with Gasteiger partial charge in [0.1, 0.15) is 0 Å². The Bertz CT molecular complexity index is 846. The number of amides is 1. The van der Waals surface area contributed by atoms with Crippen LogP contribution in [0.5, 0.6) is 0 Å². The molecule has 132 valence electrons. The number of nitrogens with zero attached hydrogens (tertiary/aromatic N) is 1. The zero-order valence-corrected chi connectivity index (χ0v) is 15.2. The van der Waals surface area contributed by atoms with Gasteiger partial charge in [-0.25, -0.2) is 8.42 Å². The molecule has 5 heteroatoms. The van der Waals surface area contributed by atoms with E-state index in [0.717, 1.165) is 18.4 Å². The maximum atomic E-state index is 12.7. The maximum absolute atomic E-state index is 12.7. The highest BCUT2D eigenvalue weighted by Crippen LogP contribution is 2.23. The average molecular weight is 357 g/mol. The molecule has 2 aromatic carbocycles. The van der Waals surface area contributed by atoms with E-state index in [4.69, 9.17) is 0 Å². The Morgan fingerprint density at radius 3 is 2.60 bits per heavy atom. The minimum Gasteiger partial charge on any atom is -0.338 e. The van der Waals surface area contributed by atoms with Gasteiger partial charge in [0, 0.05) is 18.7 Å². The molecule has 0 saturated carbocycles. The third-order valence-corrected chi connectivity index (χ3v) is 6.53. The molecule has 1 heterocycles. The van der Waals surface area contributed by atoms with Gasteiger partial charge in [0.2, 0.25) is 0 Å². The third-order valence-electron chi connectivity index (χ3n) is 4.63. The van der Waals surface area contributed by atoms with Crippen LogP contribution in [0.25, 0.3) is 0 Å². The number of rotatable bonds is 4. The number of aryl methyl sites for hydroxylation is 1. The van der Waals surface area contributed by atoms with E-state index >= 15 is 0 Å². The van der Waals surface area contributed by atoms with Crippen molar-refractivity contribution in [3.05, 3.63) is 65.7 Å². The van der Waals surface area contributed by atoms with Gasteiger partial charge in [0.25, 0.3) is 5.91 Å². The van der Waals surface area contributed by atoms with Crippen LogP contribution in [0.3, 0.4) is 0 Å². The predicted octanol–water partition coefficient (Wildman–Crippen LogP) is 3.32. The monoisotopic (exact) mass is 357 g/mol. The summed E-state index contributed by atoms with van der Waals surface area (Å²) in [6.07, 6.45) is 1.68. The zero-order valence-electron chi connectivity index (χ0n) is 14.4. The Labute approximate surface area is 149 Å². The predicted molar refractivity (Wildman–Crippen MR) is 98.3 cm³/mol. The number of hydrogen-bond acceptors (Lipinski definition) is 3. The standard InChI is InChI=1S/C20H23NO3S/c1-16-7-5-9-18(13-16)20(22)21-12-6-8-17(14-21)15-25(23,24)19-10-3-2-4-11-19/h2-5,7,9-11,13,17H,6,8,12,14-15H2,1H3. The summed E-state index contributed by atoms with van der Waals surface area (Å²) >= 11 is 0. The molecule has 1 aliphatic heterocycles. The topological polar surface area (TPSA) is 54.5 Å². The lowest BCUT2D eigenvalue weighted by atomic mass is 9.99. The Morgan fingerprint density at radius 2 is 1.88 bits per heavy atom. The molecule has 1 aliphatic rings. The molecule has 1 saturated heterocycles. The van der Waals surface area contributed by atoms with Gasteiger partial charge in [-0.2, -0.15) is 0 Å². The number of carbonyl (C=O) groups excluding carboxylic acids is 1. The fourth-order valence-corrected chi connectivity index (χ4v) is 5.04. The number of hydrogen-bond donors (Lipinski definition) is 0. The van der Waals surface area contributed by atoms with E-state index < -0.39 is 9.84 Å². The van der Waals surface area contributed by atoms with Gasteiger partial charge < -0.3 is 4.90 Å². The second-order valence-corrected chi connectivity index (χ2v) is 8.76. The van der Waals surface area contributed by atoms with Crippen molar-refractivity contribution in [2.75, 3.05) is 18.8 Å². The number of benzene rings is 2. The van der Waals surface area contributed by atoms with Gasteiger partial charge in [-0.1, -0.05) is 35.9 Å². The normalized spacial score (nSPS) is 18.1. The molecule has 0 aliphatic carbocycles. The van der Waals surface area contributed by atoms with Gasteiger partial charge in [0.05, 0.1) is 10.6 Å². The first-order chi connectivity index (χ1) is 12.0. The molecule has 0 N–H and O–H groups in total. The lowest BCUT2D eigenvalue weighted by Gasteiger charge is -2.32. The molecule has 2 aromatic rings. The summed E-state index contributed by atoms with van der Waals surface area (Å²) in [6.45, 7) is 3.15. The van der Waals surface area contributed by atoms with Gasteiger partial charge >= 0.3 is 0 Å². The summed E-state index contributed by atoms with van der Waals surface area (Å²) in [4.78, 5) is 14.9. The van der Waals surface area contributed by atoms with Crippen molar-refractivity contribution in [2.24, 2.45) is 5.92 Å². The van der Waals surface area contributed by atoms with E-state index in [1.165, 1.54) is 0 Å². The molecule has 3 rings (SSSR count). The fraction of sp³-hybridized carbons (Fsp3) is 0.350. The average Bonchev–Trinajstić information content (AvgIpc) is 2.62. The molecular weight excluding hydrogens is 334 g/mol. The molecule has 1 unspecified atom stereocenters. The number of carbonyl (C=O) groups is 1. The highest BCUT2D eigenvalue weighted by atomic mass is 32.2. The van der Waals surface area contributed by atoms with Gasteiger partial charge in [-0.05, 0) is 49.9 Å². The van der Waals surface area contributed by atoms with Crippen LogP contribution in [0.1, 0.15) is 28.8 Å². The Morgan fingerprint density at radius 1 is 1.12 bits per heavy atom. The van der Waals surface area contributed by atoms with Crippen molar-refractivity contribution in [1.29, 1.82) is 0 Å². The first-order valence-electron chi connectivity index (χ1n) is 8.59. The van der Waals surface area contributed by atoms with Crippen molar-refractivity contribution in [2.45, 2.75) is 24.7 Å². The van der Waals surface area contributed by atoms with Crippen LogP contribution in [-0.4, -0.2) is 38.1 Å². The quantitative estimate of drug-likeness (QED) is 0.843. The molecule has 0 radical (unpaired) electrons. The Hall–Kier alpha value is -2.14. The number of piperidine rings is 1. The van der Waals surface area contributed by atoms with E-state index in [0.29, 0.717) is 23.5 Å². The van der Waals surface area contributed by atoms with E-state index in [2.05, 4.69) is 0 Å². The molecule has 1 atom stereocenters. The van der Waals surface area contributed by atoms with E-state index in [1.807, 2.05) is 37.3 Å². The Kier molecular flexibility index (Phi) is 5.23. The number of sulfone groups is 1. The van der Waals surface area contributed by atoms with Crippen LogP contribution in [0.2, 0.25) is 0 Å². The van der Waals surface area contributed by atoms with Crippen molar-refractivity contribution < 1.29 is 13.2 Å². The van der Waals surface area contributed by atoms with Gasteiger partial charge in [0.15, 0.2) is 9.84 Å². The zero-order chi connectivity index (χ0) is 17.9. The highest BCUT2D eigenvalue weighted by Gasteiger charge is 2.28. The SMILES string of the molecule is Cc1cccc(C(=O)N2CCCC(CS(=O)(=O)c3ccccc3)C2)c1. The van der Waals surface area contributed by atoms with Crippen molar-refractivity contribution in [1.82, 2.24) is 4.90 Å². The van der Waals surface area contributed by atoms with Crippen molar-refractivity contribution >= 4 is 15.7 Å².